The van der Waals surface area contributed by atoms with Crippen LogP contribution in [0.15, 0.2) is 126 Å². The summed E-state index contributed by atoms with van der Waals surface area (Å²) in [6.45, 7) is 13.1. The molecule has 0 radical (unpaired) electrons. The molecule has 32 nitrogen and oxygen atoms in total. The minimum atomic E-state index is -3.22. The fraction of sp³-hybridized carbons (Fsp3) is 0.274. The van der Waals surface area contributed by atoms with Gasteiger partial charge in [-0.25, -0.2) is 39.3 Å². The number of ether oxygens (including phenoxy) is 5. The van der Waals surface area contributed by atoms with Crippen LogP contribution < -0.4 is 38.5 Å². The summed E-state index contributed by atoms with van der Waals surface area (Å²) in [5.41, 5.74) is 21.3. The molecule has 0 spiro atoms. The quantitative estimate of drug-likeness (QED) is 0.00545. The number of aromatic nitrogens is 7. The predicted molar refractivity (Wildman–Crippen MR) is 445 cm³/mol. The fourth-order valence-corrected chi connectivity index (χ4v) is 9.53. The van der Waals surface area contributed by atoms with Crippen molar-refractivity contribution < 1.29 is 99.3 Å². The van der Waals surface area contributed by atoms with Crippen LogP contribution >= 0.6 is 109 Å². The van der Waals surface area contributed by atoms with Gasteiger partial charge in [-0.05, 0) is 165 Å². The molecule has 0 amide bonds. The number of carbonyl (C=O) groups is 8. The van der Waals surface area contributed by atoms with Crippen LogP contribution in [0.2, 0.25) is 30.8 Å². The van der Waals surface area contributed by atoms with Crippen molar-refractivity contribution in [2.24, 2.45) is 7.05 Å². The van der Waals surface area contributed by atoms with Gasteiger partial charge in [0, 0.05) is 111 Å². The Balaban J connectivity index is 0.00000130. The number of nitrogens with zero attached hydrogens (tertiary/aromatic N) is 6. The molecule has 116 heavy (non-hydrogen) atoms. The third-order valence-corrected chi connectivity index (χ3v) is 15.0. The Labute approximate surface area is 716 Å². The molecule has 0 saturated carbocycles. The number of rotatable bonds is 19. The normalized spacial score (nSPS) is 9.78. The number of methoxy groups -OCH3 is 1. The van der Waals surface area contributed by atoms with Crippen LogP contribution in [0, 0.1) is 13.8 Å². The number of nitrogens with one attached hydrogen (secondary N) is 4. The Bertz CT molecular complexity index is 5000. The molecule has 0 aliphatic heterocycles. The maximum atomic E-state index is 12.6. The zero-order valence-corrected chi connectivity index (χ0v) is 72.9. The molecule has 0 fully saturated rings. The number of Topliss-reactive ketones (excluding diaryl/α,β-unsaturated/α-hetero) is 2. The molecule has 43 heteroatoms. The van der Waals surface area contributed by atoms with Crippen molar-refractivity contribution in [3.8, 4) is 16.9 Å². The number of anilines is 5. The van der Waals surface area contributed by atoms with Gasteiger partial charge in [0.15, 0.2) is 12.1 Å². The van der Waals surface area contributed by atoms with Crippen molar-refractivity contribution in [3.05, 3.63) is 212 Å². The number of aliphatic hydroxyl groups is 1. The summed E-state index contributed by atoms with van der Waals surface area (Å²) in [6, 6.07) is 21.8. The first kappa shape index (κ1) is 106. The molecule has 2 aromatic carbocycles. The third-order valence-electron chi connectivity index (χ3n) is 13.7. The molecule has 0 saturated heterocycles. The van der Waals surface area contributed by atoms with E-state index >= 15 is 0 Å². The van der Waals surface area contributed by atoms with E-state index in [1.807, 2.05) is 50.2 Å². The molecule has 0 atom stereocenters. The zero-order valence-electron chi connectivity index (χ0n) is 64.0. The van der Waals surface area contributed by atoms with Crippen LogP contribution in [0.4, 0.5) is 28.4 Å². The number of aromatic hydroxyl groups is 1. The zero-order chi connectivity index (χ0) is 88.5. The van der Waals surface area contributed by atoms with Gasteiger partial charge < -0.3 is 70.9 Å². The molecule has 629 valence electrons. The van der Waals surface area contributed by atoms with Gasteiger partial charge in [0.1, 0.15) is 54.8 Å². The van der Waals surface area contributed by atoms with Crippen LogP contribution in [0.25, 0.3) is 22.0 Å². The van der Waals surface area contributed by atoms with Crippen molar-refractivity contribution in [1.82, 2.24) is 34.5 Å². The second kappa shape index (κ2) is 57.5. The standard InChI is InChI=1S/C16H14ClN3O.C10H13NO2.C9H11ClN2O2.C8H7Cl2NO2.C8H9NO4.C8H12O4.C7H9ClN2O.C7H7ClN2O.Cl3OP.Mn.2O/c1-9-3-4-11(18)6-12(9)13-5-10-8-19-15(17)7-14(10)20(2)16(13)21;1-7-3-4-9(11)5-8(7)6-10(12)13-2;1-3-14-9(13)6-5-12-8(10)4-7(6)11-2;1-2-13-8(12)5-4-11-7(10)3-6(5)9;1-2-13-8(12)5-4-9-7(11)3-6(5)10;1-3-12-8(11)5-7(10)4-6(2)9;2*1-9-6-2-7(8)10-3-5(6)4-11;1-5(2,3)4;;;/h3-8H,18H2,1-2H3;3-5H,6,11H2,1-2H3;4-5H,3H2,1-2H3,(H,11,12);3-4H,2H2,1H3;3-4H,2H2,1H3,(H2,9,10,11);3-5H2,1-2H3;2-3,11H,4H2,1H3,(H,9,10);2-4H,1H3,(H,9,10);;;;. The van der Waals surface area contributed by atoms with Gasteiger partial charge in [-0.3, -0.25) is 38.1 Å². The first-order chi connectivity index (χ1) is 54.6. The van der Waals surface area contributed by atoms with E-state index in [9.17, 15) is 52.5 Å². The van der Waals surface area contributed by atoms with Crippen molar-refractivity contribution in [3.63, 3.8) is 0 Å². The number of pyridine rings is 7. The molecule has 0 bridgehead atoms. The van der Waals surface area contributed by atoms with Gasteiger partial charge in [-0.15, -0.1) is 0 Å². The number of esters is 5. The number of aliphatic hydroxyl groups excluding tert-OH is 1. The number of aryl methyl sites for hydroxylation is 3. The summed E-state index contributed by atoms with van der Waals surface area (Å²) in [4.78, 5) is 132. The molecule has 10 N–H and O–H groups in total. The van der Waals surface area contributed by atoms with E-state index < -0.39 is 49.5 Å². The minimum absolute atomic E-state index is 0.0274. The van der Waals surface area contributed by atoms with Gasteiger partial charge in [0.05, 0.1) is 80.3 Å². The Morgan fingerprint density at radius 1 is 0.586 bits per heavy atom. The number of aromatic amines is 1. The Hall–Kier alpha value is -9.57. The monoisotopic (exact) mass is 1850 g/mol. The van der Waals surface area contributed by atoms with E-state index in [0.717, 1.165) is 63.0 Å². The molecule has 7 aromatic heterocycles. The topological polar surface area (TPSA) is 482 Å². The SMILES string of the molecule is CCOC(=O)CC(=O)CC(C)=O.CCOC(=O)c1c[nH]c(=O)cc1O.CCOC(=O)c1cnc(Cl)cc1Cl.CCOC(=O)c1cnc(Cl)cc1NC.CNc1cc(Cl)ncc1C=O.CNc1cc(Cl)ncc1CO.COC(=O)Cc1cc(N)ccc1C.Cc1ccc(N)cc1-c1cc2cnc(Cl)cc2n(C)c1=O.O=P(Cl)(Cl)Cl.[O]=[Mn]=[O]. The Kier molecular flexibility index (Phi) is 52.7. The number of nitrogen functional groups attached to an aromatic ring is 2. The summed E-state index contributed by atoms with van der Waals surface area (Å²) in [5, 5.41) is 26.2. The molecular formula is C73H82Cl9MnN12O20P. The van der Waals surface area contributed by atoms with E-state index in [0.29, 0.717) is 73.3 Å². The first-order valence-electron chi connectivity index (χ1n) is 33.1. The molecule has 9 aromatic rings. The van der Waals surface area contributed by atoms with Crippen LogP contribution in [-0.2, 0) is 90.0 Å². The first-order valence-corrected chi connectivity index (χ1v) is 40.7. The molecule has 9 rings (SSSR count). The van der Waals surface area contributed by atoms with Crippen molar-refractivity contribution in [1.29, 1.82) is 0 Å². The molecule has 0 unspecified atom stereocenters. The van der Waals surface area contributed by atoms with Crippen LogP contribution in [-0.4, -0.2) is 147 Å². The average Bonchev–Trinajstić information content (AvgIpc) is 0.772. The molecule has 0 aliphatic rings. The van der Waals surface area contributed by atoms with E-state index in [2.05, 4.69) is 93.8 Å². The summed E-state index contributed by atoms with van der Waals surface area (Å²) >= 11 is 46.5. The number of H-pyrrole nitrogens is 1. The number of hydrogen-bond acceptors (Lipinski definition) is 30. The Morgan fingerprint density at radius 2 is 1.04 bits per heavy atom. The van der Waals surface area contributed by atoms with Gasteiger partial charge in [-0.2, -0.15) is 0 Å². The summed E-state index contributed by atoms with van der Waals surface area (Å²) in [6.07, 6.45) is 9.00. The maximum absolute atomic E-state index is 12.6. The second-order valence-electron chi connectivity index (χ2n) is 21.9. The molecule has 0 aliphatic carbocycles. The van der Waals surface area contributed by atoms with Crippen molar-refractivity contribution >= 4 is 196 Å². The predicted octanol–water partition coefficient (Wildman–Crippen LogP) is 15.1. The number of hydrogen-bond donors (Lipinski definition) is 8. The van der Waals surface area contributed by atoms with Crippen molar-refractivity contribution in [2.75, 3.05) is 82.1 Å². The van der Waals surface area contributed by atoms with Crippen LogP contribution in [0.5, 0.6) is 5.75 Å². The van der Waals surface area contributed by atoms with Gasteiger partial charge in [0.2, 0.25) is 0 Å². The van der Waals surface area contributed by atoms with Crippen molar-refractivity contribution in [2.45, 2.75) is 74.3 Å². The fourth-order valence-electron chi connectivity index (χ4n) is 8.46. The van der Waals surface area contributed by atoms with Crippen LogP contribution in [0.1, 0.15) is 111 Å². The van der Waals surface area contributed by atoms with Gasteiger partial charge >= 0.3 is 57.5 Å². The number of nitrogens with two attached hydrogens (primary N) is 2. The average molecular weight is 1850 g/mol. The number of halogens is 9. The number of benzene rings is 2. The number of aldehydes is 1. The third kappa shape index (κ3) is 42.3. The second-order valence-corrected chi connectivity index (χ2v) is 31.1. The van der Waals surface area contributed by atoms with E-state index in [1.165, 1.54) is 38.7 Å². The van der Waals surface area contributed by atoms with E-state index in [1.54, 1.807) is 103 Å². The number of carbonyl (C=O) groups excluding carboxylic acids is 8. The van der Waals surface area contributed by atoms with E-state index in [-0.39, 0.29) is 89.2 Å². The van der Waals surface area contributed by atoms with Crippen LogP contribution in [0.3, 0.4) is 0 Å². The number of fused-ring (bicyclic) bond motifs is 1. The molecular weight excluding hydrogens is 1770 g/mol. The summed E-state index contributed by atoms with van der Waals surface area (Å²) in [5.74, 6) is -3.35. The van der Waals surface area contributed by atoms with Gasteiger partial charge in [0.25, 0.3) is 11.1 Å². The van der Waals surface area contributed by atoms with Gasteiger partial charge in [-0.1, -0.05) is 81.7 Å². The number of ketones is 2. The summed E-state index contributed by atoms with van der Waals surface area (Å²) in [7, 11) is 8.30. The molecule has 7 heterocycles. The Morgan fingerprint density at radius 3 is 1.53 bits per heavy atom. The van der Waals surface area contributed by atoms with E-state index in [4.69, 9.17) is 108 Å². The summed E-state index contributed by atoms with van der Waals surface area (Å²) < 4.78 is 51.2.